The summed E-state index contributed by atoms with van der Waals surface area (Å²) in [7, 11) is 0. The number of hydrogen-bond acceptors (Lipinski definition) is 5. The third-order valence-electron chi connectivity index (χ3n) is 3.54. The number of nitrogens with zero attached hydrogens (tertiary/aromatic N) is 3. The van der Waals surface area contributed by atoms with Crippen molar-refractivity contribution in [2.24, 2.45) is 0 Å². The van der Waals surface area contributed by atoms with Gasteiger partial charge in [0.15, 0.2) is 0 Å². The molecule has 5 nitrogen and oxygen atoms in total. The minimum absolute atomic E-state index is 0.438. The molecule has 6 heteroatoms. The molecule has 0 saturated heterocycles. The Labute approximate surface area is 154 Å². The predicted octanol–water partition coefficient (Wildman–Crippen LogP) is 5.21. The van der Waals surface area contributed by atoms with Crippen LogP contribution in [0.4, 0.5) is 23.1 Å². The van der Waals surface area contributed by atoms with E-state index in [2.05, 4.69) is 42.6 Å². The number of hydrogen-bond donors (Lipinski definition) is 2. The summed E-state index contributed by atoms with van der Waals surface area (Å²) in [6.07, 6.45) is 0. The number of aryl methyl sites for hydroxylation is 2. The van der Waals surface area contributed by atoms with Crippen molar-refractivity contribution < 1.29 is 0 Å². The zero-order valence-electron chi connectivity index (χ0n) is 13.8. The smallest absolute Gasteiger partial charge is 0.229 e. The number of nitrogens with one attached hydrogen (secondary N) is 2. The topological polar surface area (TPSA) is 73.6 Å². The van der Waals surface area contributed by atoms with E-state index < -0.39 is 0 Å². The van der Waals surface area contributed by atoms with Crippen LogP contribution >= 0.6 is 15.9 Å². The van der Waals surface area contributed by atoms with Crippen LogP contribution in [0.5, 0.6) is 0 Å². The summed E-state index contributed by atoms with van der Waals surface area (Å²) < 4.78 is 0.966. The molecule has 0 aliphatic heterocycles. The van der Waals surface area contributed by atoms with Gasteiger partial charge in [0, 0.05) is 16.2 Å². The van der Waals surface area contributed by atoms with E-state index >= 15 is 0 Å². The molecule has 0 atom stereocenters. The van der Waals surface area contributed by atoms with Gasteiger partial charge in [-0.2, -0.15) is 10.2 Å². The Morgan fingerprint density at radius 1 is 0.960 bits per heavy atom. The summed E-state index contributed by atoms with van der Waals surface area (Å²) in [5.41, 5.74) is 4.14. The lowest BCUT2D eigenvalue weighted by Gasteiger charge is -2.12. The van der Waals surface area contributed by atoms with Crippen LogP contribution in [0.3, 0.4) is 0 Å². The predicted molar refractivity (Wildman–Crippen MR) is 103 cm³/mol. The molecule has 3 rings (SSSR count). The highest BCUT2D eigenvalue weighted by Crippen LogP contribution is 2.27. The molecule has 25 heavy (non-hydrogen) atoms. The number of nitriles is 1. The fourth-order valence-electron chi connectivity index (χ4n) is 2.36. The molecule has 2 N–H and O–H groups in total. The van der Waals surface area contributed by atoms with E-state index in [1.165, 1.54) is 5.56 Å². The maximum Gasteiger partial charge on any atom is 0.229 e. The van der Waals surface area contributed by atoms with Gasteiger partial charge in [0.2, 0.25) is 5.95 Å². The van der Waals surface area contributed by atoms with Gasteiger partial charge in [-0.05, 0) is 59.6 Å². The molecule has 1 heterocycles. The fraction of sp³-hybridized carbons (Fsp3) is 0.105. The van der Waals surface area contributed by atoms with E-state index in [0.29, 0.717) is 23.0 Å². The first-order chi connectivity index (χ1) is 12.0. The lowest BCUT2D eigenvalue weighted by atomic mass is 10.2. The summed E-state index contributed by atoms with van der Waals surface area (Å²) in [6.45, 7) is 3.94. The van der Waals surface area contributed by atoms with Gasteiger partial charge in [-0.25, -0.2) is 4.98 Å². The lowest BCUT2D eigenvalue weighted by Crippen LogP contribution is -2.03. The van der Waals surface area contributed by atoms with Gasteiger partial charge in [0.25, 0.3) is 0 Å². The molecule has 3 aromatic rings. The molecular weight excluding hydrogens is 378 g/mol. The molecule has 0 aliphatic carbocycles. The van der Waals surface area contributed by atoms with Crippen molar-refractivity contribution in [3.63, 3.8) is 0 Å². The molecule has 0 spiro atoms. The number of benzene rings is 2. The van der Waals surface area contributed by atoms with Crippen LogP contribution in [0.25, 0.3) is 0 Å². The molecule has 0 amide bonds. The molecule has 0 aliphatic rings. The highest BCUT2D eigenvalue weighted by molar-refractivity contribution is 9.10. The minimum atomic E-state index is 0.438. The quantitative estimate of drug-likeness (QED) is 0.635. The maximum atomic E-state index is 9.21. The van der Waals surface area contributed by atoms with Crippen LogP contribution in [-0.2, 0) is 0 Å². The Hall–Kier alpha value is -2.91. The van der Waals surface area contributed by atoms with Crippen molar-refractivity contribution in [1.82, 2.24) is 9.97 Å². The first-order valence-corrected chi connectivity index (χ1v) is 8.49. The van der Waals surface area contributed by atoms with Gasteiger partial charge >= 0.3 is 0 Å². The van der Waals surface area contributed by atoms with Crippen LogP contribution in [-0.4, -0.2) is 9.97 Å². The van der Waals surface area contributed by atoms with Crippen molar-refractivity contribution in [2.75, 3.05) is 10.6 Å². The Morgan fingerprint density at radius 3 is 2.52 bits per heavy atom. The average Bonchev–Trinajstić information content (AvgIpc) is 2.57. The molecule has 0 radical (unpaired) electrons. The largest absolute Gasteiger partial charge is 0.339 e. The monoisotopic (exact) mass is 393 g/mol. The summed E-state index contributed by atoms with van der Waals surface area (Å²) in [4.78, 5) is 8.90. The third kappa shape index (κ3) is 4.14. The Morgan fingerprint density at radius 2 is 1.76 bits per heavy atom. The molecule has 2 aromatic carbocycles. The normalized spacial score (nSPS) is 10.2. The zero-order valence-corrected chi connectivity index (χ0v) is 15.4. The molecular formula is C19H16BrN5. The van der Waals surface area contributed by atoms with E-state index in [-0.39, 0.29) is 0 Å². The Balaban J connectivity index is 1.89. The van der Waals surface area contributed by atoms with Gasteiger partial charge < -0.3 is 10.6 Å². The van der Waals surface area contributed by atoms with Crippen LogP contribution in [0.2, 0.25) is 0 Å². The summed E-state index contributed by atoms with van der Waals surface area (Å²) in [5.74, 6) is 1.11. The Bertz CT molecular complexity index is 962. The van der Waals surface area contributed by atoms with Crippen molar-refractivity contribution in [3.05, 3.63) is 69.8 Å². The number of halogens is 1. The Kier molecular flexibility index (Phi) is 4.96. The van der Waals surface area contributed by atoms with Gasteiger partial charge in [0.05, 0.1) is 16.9 Å². The number of aromatic nitrogens is 2. The van der Waals surface area contributed by atoms with E-state index in [1.807, 2.05) is 56.3 Å². The van der Waals surface area contributed by atoms with E-state index in [9.17, 15) is 5.26 Å². The average molecular weight is 394 g/mol. The summed E-state index contributed by atoms with van der Waals surface area (Å²) in [5, 5.41) is 15.6. The standard InChI is InChI=1S/C19H16BrN5/c1-12-7-8-17(15(20)9-12)23-18-10-13(2)22-19(25-18)24-16-6-4-3-5-14(16)11-21/h3-10H,1-2H3,(H2,22,23,24,25). The number of anilines is 4. The molecule has 0 saturated carbocycles. The fourth-order valence-corrected chi connectivity index (χ4v) is 2.95. The van der Waals surface area contributed by atoms with E-state index in [0.717, 1.165) is 15.9 Å². The first kappa shape index (κ1) is 16.9. The molecule has 0 unspecified atom stereocenters. The molecule has 0 fully saturated rings. The summed E-state index contributed by atoms with van der Waals surface area (Å²) in [6, 6.07) is 17.4. The maximum absolute atomic E-state index is 9.21. The second-order valence-corrected chi connectivity index (χ2v) is 6.46. The first-order valence-electron chi connectivity index (χ1n) is 7.70. The molecule has 0 bridgehead atoms. The van der Waals surface area contributed by atoms with Crippen LogP contribution in [0, 0.1) is 25.2 Å². The van der Waals surface area contributed by atoms with Gasteiger partial charge in [-0.15, -0.1) is 0 Å². The second-order valence-electron chi connectivity index (χ2n) is 5.61. The highest BCUT2D eigenvalue weighted by Gasteiger charge is 2.07. The molecule has 124 valence electrons. The lowest BCUT2D eigenvalue weighted by molar-refractivity contribution is 1.11. The highest BCUT2D eigenvalue weighted by atomic mass is 79.9. The van der Waals surface area contributed by atoms with Crippen molar-refractivity contribution in [1.29, 1.82) is 5.26 Å². The van der Waals surface area contributed by atoms with Crippen LogP contribution in [0.1, 0.15) is 16.8 Å². The van der Waals surface area contributed by atoms with Crippen molar-refractivity contribution in [2.45, 2.75) is 13.8 Å². The van der Waals surface area contributed by atoms with Crippen LogP contribution < -0.4 is 10.6 Å². The van der Waals surface area contributed by atoms with Crippen LogP contribution in [0.15, 0.2) is 53.0 Å². The van der Waals surface area contributed by atoms with Gasteiger partial charge in [-0.1, -0.05) is 18.2 Å². The SMILES string of the molecule is Cc1ccc(Nc2cc(C)nc(Nc3ccccc3C#N)n2)c(Br)c1. The minimum Gasteiger partial charge on any atom is -0.339 e. The van der Waals surface area contributed by atoms with E-state index in [4.69, 9.17) is 0 Å². The summed E-state index contributed by atoms with van der Waals surface area (Å²) >= 11 is 3.56. The third-order valence-corrected chi connectivity index (χ3v) is 4.19. The number of rotatable bonds is 4. The van der Waals surface area contributed by atoms with E-state index in [1.54, 1.807) is 6.07 Å². The van der Waals surface area contributed by atoms with Gasteiger partial charge in [-0.3, -0.25) is 0 Å². The second kappa shape index (κ2) is 7.32. The van der Waals surface area contributed by atoms with Crippen molar-refractivity contribution in [3.8, 4) is 6.07 Å². The molecule has 1 aromatic heterocycles. The number of para-hydroxylation sites is 1. The van der Waals surface area contributed by atoms with Gasteiger partial charge in [0.1, 0.15) is 11.9 Å². The van der Waals surface area contributed by atoms with Crippen molar-refractivity contribution >= 4 is 39.1 Å². The zero-order chi connectivity index (χ0) is 17.8.